The van der Waals surface area contributed by atoms with Crippen LogP contribution in [0.5, 0.6) is 11.5 Å². The molecule has 0 amide bonds. The average molecular weight is 224 g/mol. The fraction of sp³-hybridized carbons (Fsp3) is 0.417. The number of hydrogen-bond acceptors (Lipinski definition) is 3. The van der Waals surface area contributed by atoms with Gasteiger partial charge in [-0.05, 0) is 31.9 Å². The zero-order valence-corrected chi connectivity index (χ0v) is 9.65. The first kappa shape index (κ1) is 12.4. The number of para-hydroxylation sites is 1. The number of carboxylic acids is 1. The van der Waals surface area contributed by atoms with Crippen LogP contribution in [0.3, 0.4) is 0 Å². The number of phenols is 1. The Morgan fingerprint density at radius 2 is 2.06 bits per heavy atom. The van der Waals surface area contributed by atoms with Gasteiger partial charge in [-0.2, -0.15) is 0 Å². The highest BCUT2D eigenvalue weighted by atomic mass is 16.5. The Labute approximate surface area is 94.5 Å². The second kappa shape index (κ2) is 4.43. The molecule has 2 N–H and O–H groups in total. The van der Waals surface area contributed by atoms with Crippen LogP contribution < -0.4 is 4.74 Å². The van der Waals surface area contributed by atoms with Crippen molar-refractivity contribution >= 4 is 5.97 Å². The van der Waals surface area contributed by atoms with Gasteiger partial charge in [-0.1, -0.05) is 12.1 Å². The van der Waals surface area contributed by atoms with Crippen molar-refractivity contribution in [2.45, 2.75) is 20.3 Å². The highest BCUT2D eigenvalue weighted by molar-refractivity contribution is 5.74. The molecule has 0 bridgehead atoms. The van der Waals surface area contributed by atoms with Gasteiger partial charge in [0.25, 0.3) is 0 Å². The number of aliphatic carboxylic acids is 1. The molecule has 0 aromatic heterocycles. The Hall–Kier alpha value is -1.71. The summed E-state index contributed by atoms with van der Waals surface area (Å²) in [7, 11) is 1.46. The first-order chi connectivity index (χ1) is 7.38. The van der Waals surface area contributed by atoms with Gasteiger partial charge in [-0.25, -0.2) is 0 Å². The summed E-state index contributed by atoms with van der Waals surface area (Å²) in [6, 6.07) is 5.06. The normalized spacial score (nSPS) is 11.2. The van der Waals surface area contributed by atoms with E-state index < -0.39 is 11.4 Å². The molecule has 0 aliphatic carbocycles. The van der Waals surface area contributed by atoms with Crippen molar-refractivity contribution in [1.82, 2.24) is 0 Å². The summed E-state index contributed by atoms with van der Waals surface area (Å²) in [4.78, 5) is 11.0. The average Bonchev–Trinajstić information content (AvgIpc) is 2.20. The summed E-state index contributed by atoms with van der Waals surface area (Å²) >= 11 is 0. The molecule has 16 heavy (non-hydrogen) atoms. The maximum Gasteiger partial charge on any atom is 0.309 e. The first-order valence-electron chi connectivity index (χ1n) is 4.96. The molecule has 0 saturated carbocycles. The minimum Gasteiger partial charge on any atom is -0.504 e. The molecular weight excluding hydrogens is 208 g/mol. The number of aromatic hydroxyl groups is 1. The Bertz CT molecular complexity index is 396. The zero-order chi connectivity index (χ0) is 12.3. The third-order valence-corrected chi connectivity index (χ3v) is 2.51. The van der Waals surface area contributed by atoms with Crippen LogP contribution in [-0.2, 0) is 11.2 Å². The summed E-state index contributed by atoms with van der Waals surface area (Å²) in [6.07, 6.45) is 0.255. The van der Waals surface area contributed by atoms with Crippen LogP contribution in [0.1, 0.15) is 19.4 Å². The Balaban J connectivity index is 3.02. The lowest BCUT2D eigenvalue weighted by Gasteiger charge is -2.20. The van der Waals surface area contributed by atoms with Gasteiger partial charge in [0, 0.05) is 0 Å². The van der Waals surface area contributed by atoms with Gasteiger partial charge >= 0.3 is 5.97 Å². The van der Waals surface area contributed by atoms with Gasteiger partial charge in [0.2, 0.25) is 0 Å². The predicted molar refractivity (Wildman–Crippen MR) is 59.8 cm³/mol. The smallest absolute Gasteiger partial charge is 0.309 e. The van der Waals surface area contributed by atoms with Crippen LogP contribution in [0.15, 0.2) is 18.2 Å². The van der Waals surface area contributed by atoms with Crippen molar-refractivity contribution in [3.8, 4) is 11.5 Å². The zero-order valence-electron chi connectivity index (χ0n) is 9.65. The topological polar surface area (TPSA) is 66.8 Å². The highest BCUT2D eigenvalue weighted by Gasteiger charge is 2.28. The number of carboxylic acid groups (broad SMARTS) is 1. The fourth-order valence-corrected chi connectivity index (χ4v) is 1.43. The minimum atomic E-state index is -0.913. The van der Waals surface area contributed by atoms with Crippen molar-refractivity contribution in [1.29, 1.82) is 0 Å². The van der Waals surface area contributed by atoms with E-state index in [0.29, 0.717) is 11.3 Å². The second-order valence-corrected chi connectivity index (χ2v) is 4.33. The number of ether oxygens (including phenoxy) is 1. The number of methoxy groups -OCH3 is 1. The molecule has 0 saturated heterocycles. The van der Waals surface area contributed by atoms with Crippen molar-refractivity contribution in [2.75, 3.05) is 7.11 Å². The molecule has 0 spiro atoms. The third-order valence-electron chi connectivity index (χ3n) is 2.51. The van der Waals surface area contributed by atoms with Gasteiger partial charge in [-0.15, -0.1) is 0 Å². The lowest BCUT2D eigenvalue weighted by molar-refractivity contribution is -0.146. The minimum absolute atomic E-state index is 0.0133. The molecule has 0 fully saturated rings. The molecule has 0 unspecified atom stereocenters. The first-order valence-corrected chi connectivity index (χ1v) is 4.96. The van der Waals surface area contributed by atoms with Crippen LogP contribution in [0.4, 0.5) is 0 Å². The summed E-state index contributed by atoms with van der Waals surface area (Å²) < 4.78 is 4.96. The molecule has 1 aromatic carbocycles. The molecule has 1 rings (SSSR count). The van der Waals surface area contributed by atoms with Crippen LogP contribution >= 0.6 is 0 Å². The molecule has 0 heterocycles. The fourth-order valence-electron chi connectivity index (χ4n) is 1.43. The van der Waals surface area contributed by atoms with E-state index in [2.05, 4.69) is 0 Å². The van der Waals surface area contributed by atoms with E-state index in [1.54, 1.807) is 32.0 Å². The quantitative estimate of drug-likeness (QED) is 0.821. The van der Waals surface area contributed by atoms with Gasteiger partial charge in [0.1, 0.15) is 0 Å². The highest BCUT2D eigenvalue weighted by Crippen LogP contribution is 2.33. The summed E-state index contributed by atoms with van der Waals surface area (Å²) in [5, 5.41) is 18.8. The monoisotopic (exact) mass is 224 g/mol. The van der Waals surface area contributed by atoms with Crippen LogP contribution in [0, 0.1) is 5.41 Å². The van der Waals surface area contributed by atoms with Crippen molar-refractivity contribution < 1.29 is 19.7 Å². The molecular formula is C12H16O4. The standard InChI is InChI=1S/C12H16O4/c1-12(2,11(14)15)7-8-5-4-6-9(16-3)10(8)13/h4-6,13H,7H2,1-3H3,(H,14,15). The SMILES string of the molecule is COc1cccc(CC(C)(C)C(=O)O)c1O. The van der Waals surface area contributed by atoms with Crippen molar-refractivity contribution in [2.24, 2.45) is 5.41 Å². The number of benzene rings is 1. The molecule has 0 aliphatic heterocycles. The molecule has 1 aromatic rings. The van der Waals surface area contributed by atoms with E-state index >= 15 is 0 Å². The van der Waals surface area contributed by atoms with Crippen LogP contribution in [0.25, 0.3) is 0 Å². The maximum atomic E-state index is 11.0. The van der Waals surface area contributed by atoms with Gasteiger partial charge < -0.3 is 14.9 Å². The van der Waals surface area contributed by atoms with Crippen LogP contribution in [-0.4, -0.2) is 23.3 Å². The molecule has 0 aliphatic rings. The Morgan fingerprint density at radius 1 is 1.44 bits per heavy atom. The van der Waals surface area contributed by atoms with E-state index in [-0.39, 0.29) is 12.2 Å². The molecule has 4 heteroatoms. The summed E-state index contributed by atoms with van der Waals surface area (Å²) in [6.45, 7) is 3.24. The van der Waals surface area contributed by atoms with E-state index in [1.807, 2.05) is 0 Å². The predicted octanol–water partition coefficient (Wildman–Crippen LogP) is 2.05. The Morgan fingerprint density at radius 3 is 2.56 bits per heavy atom. The number of phenolic OH excluding ortho intramolecular Hbond substituents is 1. The summed E-state index contributed by atoms with van der Waals surface area (Å²) in [5.41, 5.74) is -0.337. The Kier molecular flexibility index (Phi) is 3.42. The van der Waals surface area contributed by atoms with Crippen molar-refractivity contribution in [3.05, 3.63) is 23.8 Å². The molecule has 0 atom stereocenters. The van der Waals surface area contributed by atoms with Gasteiger partial charge in [0.15, 0.2) is 11.5 Å². The second-order valence-electron chi connectivity index (χ2n) is 4.33. The molecule has 88 valence electrons. The third kappa shape index (κ3) is 2.45. The van der Waals surface area contributed by atoms with Gasteiger partial charge in [0.05, 0.1) is 12.5 Å². The number of rotatable bonds is 4. The van der Waals surface area contributed by atoms with Crippen LogP contribution in [0.2, 0.25) is 0 Å². The number of hydrogen-bond donors (Lipinski definition) is 2. The lowest BCUT2D eigenvalue weighted by atomic mass is 9.85. The molecule has 4 nitrogen and oxygen atoms in total. The van der Waals surface area contributed by atoms with E-state index in [9.17, 15) is 9.90 Å². The summed E-state index contributed by atoms with van der Waals surface area (Å²) in [5.74, 6) is -0.521. The molecule has 0 radical (unpaired) electrons. The van der Waals surface area contributed by atoms with E-state index in [0.717, 1.165) is 0 Å². The lowest BCUT2D eigenvalue weighted by Crippen LogP contribution is -2.26. The number of carbonyl (C=O) groups is 1. The van der Waals surface area contributed by atoms with Crippen molar-refractivity contribution in [3.63, 3.8) is 0 Å². The van der Waals surface area contributed by atoms with E-state index in [1.165, 1.54) is 7.11 Å². The largest absolute Gasteiger partial charge is 0.504 e. The maximum absolute atomic E-state index is 11.0. The van der Waals surface area contributed by atoms with Gasteiger partial charge in [-0.3, -0.25) is 4.79 Å². The van der Waals surface area contributed by atoms with E-state index in [4.69, 9.17) is 9.84 Å².